The molecule has 3 aliphatic rings. The molecule has 200 valence electrons. The Balaban J connectivity index is 1.36. The number of rotatable bonds is 7. The monoisotopic (exact) mass is 534 g/mol. The maximum atomic E-state index is 13.2. The molecule has 3 saturated heterocycles. The first kappa shape index (κ1) is 26.2. The SMILES string of the molecule is COc1cc(-c2cn(C)c(=O)c(C)c2C)cc(OC)c1CN1CC2CC(C1)N2C(=O)/C(C)=C/c1nccs1. The number of thiazole rings is 1. The number of aryl methyl sites for hydroxylation is 1. The number of carbonyl (C=O) groups excluding carboxylic acids is 1. The molecule has 5 heterocycles. The van der Waals surface area contributed by atoms with E-state index < -0.39 is 0 Å². The molecule has 1 aromatic carbocycles. The minimum absolute atomic E-state index is 0.00635. The zero-order valence-electron chi connectivity index (χ0n) is 22.8. The highest BCUT2D eigenvalue weighted by Crippen LogP contribution is 2.39. The second-order valence-electron chi connectivity index (χ2n) is 10.2. The summed E-state index contributed by atoms with van der Waals surface area (Å²) < 4.78 is 13.3. The molecule has 0 spiro atoms. The third-order valence-corrected chi connectivity index (χ3v) is 8.59. The molecule has 6 rings (SSSR count). The number of hydrogen-bond acceptors (Lipinski definition) is 7. The Bertz CT molecular complexity index is 1420. The van der Waals surface area contributed by atoms with E-state index in [4.69, 9.17) is 9.47 Å². The average Bonchev–Trinajstić information content (AvgIpc) is 3.42. The third kappa shape index (κ3) is 4.65. The molecular weight excluding hydrogens is 500 g/mol. The van der Waals surface area contributed by atoms with Crippen LogP contribution in [0.15, 0.2) is 40.3 Å². The summed E-state index contributed by atoms with van der Waals surface area (Å²) in [5, 5.41) is 2.77. The van der Waals surface area contributed by atoms with Crippen LogP contribution in [0, 0.1) is 13.8 Å². The van der Waals surface area contributed by atoms with Crippen molar-refractivity contribution in [1.29, 1.82) is 0 Å². The highest BCUT2D eigenvalue weighted by Gasteiger charge is 2.47. The Morgan fingerprint density at radius 3 is 2.37 bits per heavy atom. The molecule has 3 aliphatic heterocycles. The molecule has 0 aliphatic carbocycles. The first-order chi connectivity index (χ1) is 18.2. The van der Waals surface area contributed by atoms with Crippen LogP contribution in [-0.4, -0.2) is 64.7 Å². The van der Waals surface area contributed by atoms with Gasteiger partial charge in [0.15, 0.2) is 0 Å². The van der Waals surface area contributed by atoms with Crippen LogP contribution in [-0.2, 0) is 18.4 Å². The predicted molar refractivity (Wildman–Crippen MR) is 150 cm³/mol. The second-order valence-corrected chi connectivity index (χ2v) is 11.1. The van der Waals surface area contributed by atoms with Crippen LogP contribution in [0.5, 0.6) is 11.5 Å². The van der Waals surface area contributed by atoms with Crippen molar-refractivity contribution in [3.05, 3.63) is 67.5 Å². The molecule has 2 atom stereocenters. The van der Waals surface area contributed by atoms with Gasteiger partial charge < -0.3 is 18.9 Å². The van der Waals surface area contributed by atoms with E-state index >= 15 is 0 Å². The number of piperidine rings is 1. The first-order valence-electron chi connectivity index (χ1n) is 12.8. The highest BCUT2D eigenvalue weighted by molar-refractivity contribution is 7.10. The molecule has 0 N–H and O–H groups in total. The van der Waals surface area contributed by atoms with E-state index in [1.807, 2.05) is 55.5 Å². The summed E-state index contributed by atoms with van der Waals surface area (Å²) >= 11 is 1.53. The zero-order chi connectivity index (χ0) is 27.1. The van der Waals surface area contributed by atoms with Crippen molar-refractivity contribution in [2.24, 2.45) is 7.05 Å². The number of amides is 1. The van der Waals surface area contributed by atoms with Crippen molar-refractivity contribution in [1.82, 2.24) is 19.4 Å². The standard InChI is InChI=1S/C29H34N4O4S/c1-17(9-27-30-7-8-38-27)28(34)33-21-12-22(33)14-32(13-21)16-24-25(36-5)10-20(11-26(24)37-6)23-15-31(4)29(35)19(3)18(23)2/h7-11,15,21-22H,12-14,16H2,1-6H3/b17-9+. The third-order valence-electron chi connectivity index (χ3n) is 7.86. The zero-order valence-corrected chi connectivity index (χ0v) is 23.6. The lowest BCUT2D eigenvalue weighted by molar-refractivity contribution is -0.149. The van der Waals surface area contributed by atoms with Gasteiger partial charge in [-0.05, 0) is 56.5 Å². The molecule has 3 fully saturated rings. The van der Waals surface area contributed by atoms with Gasteiger partial charge in [-0.25, -0.2) is 4.98 Å². The van der Waals surface area contributed by atoms with E-state index in [1.54, 1.807) is 32.0 Å². The van der Waals surface area contributed by atoms with Crippen LogP contribution < -0.4 is 15.0 Å². The van der Waals surface area contributed by atoms with Crippen LogP contribution >= 0.6 is 11.3 Å². The largest absolute Gasteiger partial charge is 0.496 e. The normalized spacial score (nSPS) is 19.3. The Hall–Kier alpha value is -3.43. The molecule has 2 aromatic heterocycles. The lowest BCUT2D eigenvalue weighted by Gasteiger charge is -2.56. The van der Waals surface area contributed by atoms with Crippen molar-refractivity contribution in [2.45, 2.75) is 45.8 Å². The quantitative estimate of drug-likeness (QED) is 0.426. The van der Waals surface area contributed by atoms with E-state index in [9.17, 15) is 9.59 Å². The fraction of sp³-hybridized carbons (Fsp3) is 0.414. The van der Waals surface area contributed by atoms with Crippen molar-refractivity contribution in [2.75, 3.05) is 27.3 Å². The van der Waals surface area contributed by atoms with Crippen LogP contribution in [0.1, 0.15) is 35.0 Å². The molecular formula is C29H34N4O4S. The number of aromatic nitrogens is 2. The summed E-state index contributed by atoms with van der Waals surface area (Å²) in [4.78, 5) is 34.2. The molecule has 2 unspecified atom stereocenters. The van der Waals surface area contributed by atoms with Gasteiger partial charge in [-0.15, -0.1) is 11.3 Å². The van der Waals surface area contributed by atoms with Gasteiger partial charge >= 0.3 is 0 Å². The van der Waals surface area contributed by atoms with E-state index in [2.05, 4.69) is 9.88 Å². The Morgan fingerprint density at radius 1 is 1.13 bits per heavy atom. The van der Waals surface area contributed by atoms with E-state index in [0.717, 1.165) is 69.4 Å². The van der Waals surface area contributed by atoms with Crippen molar-refractivity contribution in [3.63, 3.8) is 0 Å². The van der Waals surface area contributed by atoms with Crippen LogP contribution in [0.25, 0.3) is 17.2 Å². The Kier molecular flexibility index (Phi) is 7.15. The number of carbonyl (C=O) groups is 1. The minimum Gasteiger partial charge on any atom is -0.496 e. The topological polar surface area (TPSA) is 76.9 Å². The maximum Gasteiger partial charge on any atom is 0.253 e. The number of ether oxygens (including phenoxy) is 2. The number of nitrogens with zero attached hydrogens (tertiary/aromatic N) is 4. The van der Waals surface area contributed by atoms with E-state index in [0.29, 0.717) is 6.54 Å². The first-order valence-corrected chi connectivity index (χ1v) is 13.6. The molecule has 38 heavy (non-hydrogen) atoms. The fourth-order valence-electron chi connectivity index (χ4n) is 5.70. The predicted octanol–water partition coefficient (Wildman–Crippen LogP) is 4.03. The smallest absolute Gasteiger partial charge is 0.253 e. The Labute approximate surface area is 227 Å². The van der Waals surface area contributed by atoms with Gasteiger partial charge in [-0.2, -0.15) is 0 Å². The van der Waals surface area contributed by atoms with Gasteiger partial charge in [0.1, 0.15) is 16.5 Å². The summed E-state index contributed by atoms with van der Waals surface area (Å²) in [5.74, 6) is 1.60. The lowest BCUT2D eigenvalue weighted by atomic mass is 9.86. The van der Waals surface area contributed by atoms with E-state index in [1.165, 1.54) is 11.3 Å². The molecule has 3 aromatic rings. The van der Waals surface area contributed by atoms with Crippen LogP contribution in [0.4, 0.5) is 0 Å². The van der Waals surface area contributed by atoms with Gasteiger partial charge in [0, 0.05) is 73.2 Å². The molecule has 9 heteroatoms. The summed E-state index contributed by atoms with van der Waals surface area (Å²) in [6, 6.07) is 4.45. The van der Waals surface area contributed by atoms with Crippen molar-refractivity contribution >= 4 is 23.3 Å². The van der Waals surface area contributed by atoms with Crippen LogP contribution in [0.2, 0.25) is 0 Å². The van der Waals surface area contributed by atoms with Crippen molar-refractivity contribution in [3.8, 4) is 22.6 Å². The van der Waals surface area contributed by atoms with Gasteiger partial charge in [-0.3, -0.25) is 14.5 Å². The van der Waals surface area contributed by atoms with Gasteiger partial charge in [0.2, 0.25) is 5.91 Å². The summed E-state index contributed by atoms with van der Waals surface area (Å²) in [5.41, 5.74) is 5.32. The molecule has 0 radical (unpaired) electrons. The summed E-state index contributed by atoms with van der Waals surface area (Å²) in [6.45, 7) is 7.98. The Morgan fingerprint density at radius 2 is 1.79 bits per heavy atom. The molecule has 8 nitrogen and oxygen atoms in total. The average molecular weight is 535 g/mol. The molecule has 2 bridgehead atoms. The summed E-state index contributed by atoms with van der Waals surface area (Å²) in [7, 11) is 5.12. The fourth-order valence-corrected chi connectivity index (χ4v) is 6.33. The minimum atomic E-state index is 0.00635. The number of piperazine rings is 1. The summed E-state index contributed by atoms with van der Waals surface area (Å²) in [6.07, 6.45) is 6.53. The lowest BCUT2D eigenvalue weighted by Crippen LogP contribution is -2.70. The number of pyridine rings is 1. The highest BCUT2D eigenvalue weighted by atomic mass is 32.1. The van der Waals surface area contributed by atoms with Gasteiger partial charge in [0.05, 0.1) is 19.8 Å². The number of hydrogen-bond donors (Lipinski definition) is 0. The number of benzene rings is 1. The number of methoxy groups -OCH3 is 2. The maximum absolute atomic E-state index is 13.2. The van der Waals surface area contributed by atoms with Gasteiger partial charge in [-0.1, -0.05) is 0 Å². The number of fused-ring (bicyclic) bond motifs is 2. The van der Waals surface area contributed by atoms with Crippen LogP contribution in [0.3, 0.4) is 0 Å². The second kappa shape index (κ2) is 10.4. The molecule has 1 amide bonds. The van der Waals surface area contributed by atoms with E-state index in [-0.39, 0.29) is 23.6 Å². The van der Waals surface area contributed by atoms with Crippen molar-refractivity contribution < 1.29 is 14.3 Å². The van der Waals surface area contributed by atoms with Gasteiger partial charge in [0.25, 0.3) is 5.56 Å². The molecule has 0 saturated carbocycles.